The fourth-order valence-corrected chi connectivity index (χ4v) is 2.72. The number of nitrogens with zero attached hydrogens (tertiary/aromatic N) is 1. The topological polar surface area (TPSA) is 42.7 Å². The summed E-state index contributed by atoms with van der Waals surface area (Å²) in [4.78, 5) is 13.8. The van der Waals surface area contributed by atoms with Gasteiger partial charge >= 0.3 is 5.97 Å². The predicted octanol–water partition coefficient (Wildman–Crippen LogP) is 3.25. The summed E-state index contributed by atoms with van der Waals surface area (Å²) in [7, 11) is 1.36. The van der Waals surface area contributed by atoms with E-state index in [9.17, 15) is 4.79 Å². The van der Waals surface area contributed by atoms with Gasteiger partial charge in [-0.05, 0) is 50.9 Å². The molecule has 1 aliphatic heterocycles. The maximum absolute atomic E-state index is 11.4. The van der Waals surface area contributed by atoms with Crippen molar-refractivity contribution in [3.8, 4) is 0 Å². The van der Waals surface area contributed by atoms with Gasteiger partial charge in [0.1, 0.15) is 5.76 Å². The standard InChI is InChI=1S/C15H23NO3/c1-4-12-7-9-16(10-8-12)11(2)13-5-6-14(19-13)15(17)18-3/h5-6,11-12H,4,7-10H2,1-3H3. The number of piperidine rings is 1. The number of carbonyl (C=O) groups is 1. The first kappa shape index (κ1) is 14.1. The van der Waals surface area contributed by atoms with Gasteiger partial charge in [-0.3, -0.25) is 4.90 Å². The molecule has 0 bridgehead atoms. The zero-order valence-corrected chi connectivity index (χ0v) is 12.0. The summed E-state index contributed by atoms with van der Waals surface area (Å²) in [6, 6.07) is 3.79. The Morgan fingerprint density at radius 2 is 2.16 bits per heavy atom. The van der Waals surface area contributed by atoms with Crippen LogP contribution in [0.15, 0.2) is 16.5 Å². The van der Waals surface area contributed by atoms with Crippen LogP contribution in [-0.2, 0) is 4.74 Å². The van der Waals surface area contributed by atoms with Gasteiger partial charge in [0.2, 0.25) is 5.76 Å². The molecule has 1 atom stereocenters. The number of carbonyl (C=O) groups excluding carboxylic acids is 1. The molecule has 19 heavy (non-hydrogen) atoms. The van der Waals surface area contributed by atoms with Crippen molar-refractivity contribution in [1.82, 2.24) is 4.90 Å². The fourth-order valence-electron chi connectivity index (χ4n) is 2.72. The summed E-state index contributed by atoms with van der Waals surface area (Å²) in [5, 5.41) is 0. The number of esters is 1. The number of methoxy groups -OCH3 is 1. The minimum atomic E-state index is -0.414. The van der Waals surface area contributed by atoms with Crippen molar-refractivity contribution in [2.24, 2.45) is 5.92 Å². The molecule has 0 aliphatic carbocycles. The van der Waals surface area contributed by atoms with E-state index in [4.69, 9.17) is 4.42 Å². The summed E-state index contributed by atoms with van der Waals surface area (Å²) < 4.78 is 10.2. The van der Waals surface area contributed by atoms with E-state index < -0.39 is 5.97 Å². The van der Waals surface area contributed by atoms with Gasteiger partial charge in [0, 0.05) is 0 Å². The normalized spacial score (nSPS) is 19.3. The third-order valence-corrected chi connectivity index (χ3v) is 4.20. The number of ether oxygens (including phenoxy) is 1. The molecule has 2 rings (SSSR count). The van der Waals surface area contributed by atoms with Gasteiger partial charge in [0.05, 0.1) is 13.2 Å². The van der Waals surface area contributed by atoms with Gasteiger partial charge in [-0.1, -0.05) is 13.3 Å². The molecule has 0 spiro atoms. The summed E-state index contributed by atoms with van der Waals surface area (Å²) in [5.74, 6) is 1.58. The van der Waals surface area contributed by atoms with Crippen molar-refractivity contribution in [3.63, 3.8) is 0 Å². The van der Waals surface area contributed by atoms with E-state index in [0.717, 1.165) is 24.8 Å². The first-order valence-electron chi connectivity index (χ1n) is 7.07. The Morgan fingerprint density at radius 1 is 1.47 bits per heavy atom. The molecular weight excluding hydrogens is 242 g/mol. The summed E-state index contributed by atoms with van der Waals surface area (Å²) >= 11 is 0. The van der Waals surface area contributed by atoms with Crippen molar-refractivity contribution in [2.45, 2.75) is 39.2 Å². The molecular formula is C15H23NO3. The van der Waals surface area contributed by atoms with Crippen molar-refractivity contribution < 1.29 is 13.9 Å². The van der Waals surface area contributed by atoms with Crippen LogP contribution in [0.5, 0.6) is 0 Å². The fraction of sp³-hybridized carbons (Fsp3) is 0.667. The SMILES string of the molecule is CCC1CCN(C(C)c2ccc(C(=O)OC)o2)CC1. The van der Waals surface area contributed by atoms with Crippen LogP contribution in [0.3, 0.4) is 0 Å². The Bertz CT molecular complexity index is 419. The van der Waals surface area contributed by atoms with Crippen LogP contribution >= 0.6 is 0 Å². The second-order valence-electron chi connectivity index (χ2n) is 5.26. The average Bonchev–Trinajstić information content (AvgIpc) is 2.95. The van der Waals surface area contributed by atoms with E-state index in [-0.39, 0.29) is 11.8 Å². The maximum atomic E-state index is 11.4. The Balaban J connectivity index is 1.98. The first-order chi connectivity index (χ1) is 9.15. The molecule has 0 saturated carbocycles. The maximum Gasteiger partial charge on any atom is 0.373 e. The van der Waals surface area contributed by atoms with Crippen molar-refractivity contribution in [1.29, 1.82) is 0 Å². The Labute approximate surface area is 114 Å². The highest BCUT2D eigenvalue weighted by molar-refractivity contribution is 5.86. The second-order valence-corrected chi connectivity index (χ2v) is 5.26. The van der Waals surface area contributed by atoms with Crippen LogP contribution in [0, 0.1) is 5.92 Å². The van der Waals surface area contributed by atoms with Crippen LogP contribution in [0.25, 0.3) is 0 Å². The second kappa shape index (κ2) is 6.24. The van der Waals surface area contributed by atoms with Gasteiger partial charge in [-0.15, -0.1) is 0 Å². The van der Waals surface area contributed by atoms with E-state index in [1.807, 2.05) is 6.07 Å². The third-order valence-electron chi connectivity index (χ3n) is 4.20. The smallest absolute Gasteiger partial charge is 0.373 e. The average molecular weight is 265 g/mol. The highest BCUT2D eigenvalue weighted by Crippen LogP contribution is 2.28. The minimum Gasteiger partial charge on any atom is -0.463 e. The molecule has 1 saturated heterocycles. The lowest BCUT2D eigenvalue weighted by Crippen LogP contribution is -2.35. The Morgan fingerprint density at radius 3 is 2.74 bits per heavy atom. The molecule has 0 aromatic carbocycles. The quantitative estimate of drug-likeness (QED) is 0.784. The van der Waals surface area contributed by atoms with Crippen LogP contribution in [0.2, 0.25) is 0 Å². The van der Waals surface area contributed by atoms with Crippen molar-refractivity contribution in [2.75, 3.05) is 20.2 Å². The van der Waals surface area contributed by atoms with Gasteiger partial charge in [-0.2, -0.15) is 0 Å². The van der Waals surface area contributed by atoms with Crippen LogP contribution in [-0.4, -0.2) is 31.1 Å². The zero-order valence-electron chi connectivity index (χ0n) is 12.0. The molecule has 0 N–H and O–H groups in total. The van der Waals surface area contributed by atoms with Crippen LogP contribution in [0.4, 0.5) is 0 Å². The molecule has 1 fully saturated rings. The highest BCUT2D eigenvalue weighted by atomic mass is 16.5. The van der Waals surface area contributed by atoms with E-state index in [1.165, 1.54) is 26.4 Å². The van der Waals surface area contributed by atoms with E-state index in [0.29, 0.717) is 0 Å². The number of likely N-dealkylation sites (tertiary alicyclic amines) is 1. The molecule has 106 valence electrons. The Hall–Kier alpha value is -1.29. The monoisotopic (exact) mass is 265 g/mol. The minimum absolute atomic E-state index is 0.219. The molecule has 0 amide bonds. The van der Waals surface area contributed by atoms with Crippen LogP contribution in [0.1, 0.15) is 55.5 Å². The zero-order chi connectivity index (χ0) is 13.8. The summed E-state index contributed by atoms with van der Waals surface area (Å²) in [5.41, 5.74) is 0. The molecule has 1 aliphatic rings. The first-order valence-corrected chi connectivity index (χ1v) is 7.07. The van der Waals surface area contributed by atoms with E-state index >= 15 is 0 Å². The molecule has 1 unspecified atom stereocenters. The lowest BCUT2D eigenvalue weighted by atomic mass is 9.93. The molecule has 4 heteroatoms. The number of furan rings is 1. The molecule has 2 heterocycles. The molecule has 0 radical (unpaired) electrons. The lowest BCUT2D eigenvalue weighted by molar-refractivity contribution is 0.0556. The van der Waals surface area contributed by atoms with Crippen molar-refractivity contribution >= 4 is 5.97 Å². The van der Waals surface area contributed by atoms with Gasteiger partial charge in [-0.25, -0.2) is 4.79 Å². The van der Waals surface area contributed by atoms with Gasteiger partial charge in [0.15, 0.2) is 0 Å². The number of hydrogen-bond donors (Lipinski definition) is 0. The van der Waals surface area contributed by atoms with Crippen molar-refractivity contribution in [3.05, 3.63) is 23.7 Å². The highest BCUT2D eigenvalue weighted by Gasteiger charge is 2.25. The Kier molecular flexibility index (Phi) is 4.64. The van der Waals surface area contributed by atoms with Crippen LogP contribution < -0.4 is 0 Å². The number of rotatable bonds is 4. The summed E-state index contributed by atoms with van der Waals surface area (Å²) in [6.45, 7) is 6.60. The molecule has 1 aromatic rings. The van der Waals surface area contributed by atoms with E-state index in [1.54, 1.807) is 6.07 Å². The van der Waals surface area contributed by atoms with E-state index in [2.05, 4.69) is 23.5 Å². The molecule has 4 nitrogen and oxygen atoms in total. The van der Waals surface area contributed by atoms with Gasteiger partial charge < -0.3 is 9.15 Å². The van der Waals surface area contributed by atoms with Gasteiger partial charge in [0.25, 0.3) is 0 Å². The third kappa shape index (κ3) is 3.18. The molecule has 1 aromatic heterocycles. The number of hydrogen-bond acceptors (Lipinski definition) is 4. The summed E-state index contributed by atoms with van der Waals surface area (Å²) in [6.07, 6.45) is 3.78. The predicted molar refractivity (Wildman–Crippen MR) is 73.1 cm³/mol. The lowest BCUT2D eigenvalue weighted by Gasteiger charge is -2.34. The largest absolute Gasteiger partial charge is 0.463 e.